The van der Waals surface area contributed by atoms with Gasteiger partial charge in [0.15, 0.2) is 0 Å². The number of methoxy groups -OCH3 is 1. The second-order valence-corrected chi connectivity index (χ2v) is 6.02. The number of hydrogen-bond acceptors (Lipinski definition) is 6. The molecule has 0 saturated heterocycles. The van der Waals surface area contributed by atoms with Crippen molar-refractivity contribution in [3.63, 3.8) is 0 Å². The molecule has 0 atom stereocenters. The Labute approximate surface area is 173 Å². The van der Waals surface area contributed by atoms with Crippen LogP contribution in [0.5, 0.6) is 0 Å². The van der Waals surface area contributed by atoms with Gasteiger partial charge in [-0.1, -0.05) is 37.3 Å². The molecule has 0 spiro atoms. The van der Waals surface area contributed by atoms with Gasteiger partial charge in [0.05, 0.1) is 19.2 Å². The minimum absolute atomic E-state index is 0.0846. The largest absolute Gasteiger partial charge is 0.473 e. The summed E-state index contributed by atoms with van der Waals surface area (Å²) in [6.45, 7) is 3.85. The number of nitrogens with zero attached hydrogens (tertiary/aromatic N) is 1. The summed E-state index contributed by atoms with van der Waals surface area (Å²) in [6, 6.07) is 16.7. The normalized spacial score (nSPS) is 9.83. The molecule has 1 amide bonds. The van der Waals surface area contributed by atoms with Crippen LogP contribution in [0.1, 0.15) is 22.8 Å². The van der Waals surface area contributed by atoms with Crippen LogP contribution in [0.25, 0.3) is 0 Å². The summed E-state index contributed by atoms with van der Waals surface area (Å²) in [6.07, 6.45) is 0. The lowest BCUT2D eigenvalue weighted by Crippen LogP contribution is -2.32. The average molecular weight is 416 g/mol. The summed E-state index contributed by atoms with van der Waals surface area (Å²) in [5.41, 5.74) is 2.28. The molecule has 160 valence electrons. The lowest BCUT2D eigenvalue weighted by atomic mass is 10.2. The van der Waals surface area contributed by atoms with Gasteiger partial charge in [-0.05, 0) is 36.4 Å². The van der Waals surface area contributed by atoms with E-state index < -0.39 is 17.9 Å². The number of nitrogens with one attached hydrogen (secondary N) is 1. The first-order chi connectivity index (χ1) is 14.3. The summed E-state index contributed by atoms with van der Waals surface area (Å²) in [4.78, 5) is 43.9. The van der Waals surface area contributed by atoms with Crippen molar-refractivity contribution in [2.24, 2.45) is 0 Å². The number of esters is 1. The van der Waals surface area contributed by atoms with Crippen molar-refractivity contribution >= 4 is 29.5 Å². The van der Waals surface area contributed by atoms with Gasteiger partial charge in [0.25, 0.3) is 0 Å². The number of benzene rings is 2. The third-order valence-electron chi connectivity index (χ3n) is 3.84. The average Bonchev–Trinajstić information content (AvgIpc) is 2.74. The predicted molar refractivity (Wildman–Crippen MR) is 109 cm³/mol. The van der Waals surface area contributed by atoms with Crippen LogP contribution in [0.15, 0.2) is 54.6 Å². The summed E-state index contributed by atoms with van der Waals surface area (Å²) in [5.74, 6) is -4.13. The van der Waals surface area contributed by atoms with Crippen molar-refractivity contribution in [2.75, 3.05) is 25.5 Å². The number of anilines is 1. The Kier molecular flexibility index (Phi) is 10.3. The fourth-order valence-electron chi connectivity index (χ4n) is 2.33. The number of ether oxygens (including phenoxy) is 1. The maximum atomic E-state index is 12.2. The Bertz CT molecular complexity index is 839. The number of carbonyl (C=O) groups is 4. The van der Waals surface area contributed by atoms with Crippen LogP contribution in [-0.4, -0.2) is 59.1 Å². The van der Waals surface area contributed by atoms with Crippen molar-refractivity contribution < 1.29 is 34.1 Å². The first-order valence-electron chi connectivity index (χ1n) is 8.97. The molecular weight excluding hydrogens is 392 g/mol. The number of carboxylic acids is 2. The fourth-order valence-corrected chi connectivity index (χ4v) is 2.33. The molecule has 0 saturated carbocycles. The van der Waals surface area contributed by atoms with Crippen molar-refractivity contribution in [3.05, 3.63) is 65.7 Å². The van der Waals surface area contributed by atoms with Crippen LogP contribution >= 0.6 is 0 Å². The molecule has 2 aromatic rings. The Morgan fingerprint density at radius 2 is 1.50 bits per heavy atom. The van der Waals surface area contributed by atoms with Crippen molar-refractivity contribution in [1.29, 1.82) is 0 Å². The first kappa shape index (κ1) is 24.3. The Balaban J connectivity index is 0.000000656. The lowest BCUT2D eigenvalue weighted by Gasteiger charge is -2.20. The number of rotatable bonds is 7. The molecule has 9 nitrogen and oxygen atoms in total. The zero-order valence-electron chi connectivity index (χ0n) is 16.7. The van der Waals surface area contributed by atoms with Crippen LogP contribution in [0.2, 0.25) is 0 Å². The molecule has 0 bridgehead atoms. The predicted octanol–water partition coefficient (Wildman–Crippen LogP) is 2.09. The molecule has 0 radical (unpaired) electrons. The summed E-state index contributed by atoms with van der Waals surface area (Å²) >= 11 is 0. The second-order valence-electron chi connectivity index (χ2n) is 6.02. The monoisotopic (exact) mass is 416 g/mol. The molecule has 2 rings (SSSR count). The molecular formula is C21H24N2O7. The standard InChI is InChI=1S/C19H22N2O3.C2H2O4/c1-3-21(13-15-7-5-4-6-8-15)14-18(22)20-17-11-9-16(10-12-17)19(23)24-2;3-1(4)2(5)6/h4-12H,3,13-14H2,1-2H3,(H,20,22);(H,3,4)(H,5,6). The van der Waals surface area contributed by atoms with E-state index in [0.29, 0.717) is 17.8 Å². The van der Waals surface area contributed by atoms with Gasteiger partial charge in [0.2, 0.25) is 5.91 Å². The van der Waals surface area contributed by atoms with E-state index in [1.165, 1.54) is 12.7 Å². The highest BCUT2D eigenvalue weighted by molar-refractivity contribution is 6.27. The number of carbonyl (C=O) groups excluding carboxylic acids is 2. The Morgan fingerprint density at radius 1 is 0.933 bits per heavy atom. The summed E-state index contributed by atoms with van der Waals surface area (Å²) in [7, 11) is 1.34. The number of aliphatic carboxylic acids is 2. The van der Waals surface area contributed by atoms with Gasteiger partial charge in [0.1, 0.15) is 0 Å². The third kappa shape index (κ3) is 8.98. The van der Waals surface area contributed by atoms with E-state index in [0.717, 1.165) is 13.1 Å². The van der Waals surface area contributed by atoms with Crippen LogP contribution < -0.4 is 5.32 Å². The third-order valence-corrected chi connectivity index (χ3v) is 3.84. The van der Waals surface area contributed by atoms with Gasteiger partial charge in [-0.2, -0.15) is 0 Å². The van der Waals surface area contributed by atoms with Crippen molar-refractivity contribution in [2.45, 2.75) is 13.5 Å². The minimum Gasteiger partial charge on any atom is -0.473 e. The van der Waals surface area contributed by atoms with E-state index in [1.54, 1.807) is 24.3 Å². The molecule has 30 heavy (non-hydrogen) atoms. The zero-order chi connectivity index (χ0) is 22.5. The Morgan fingerprint density at radius 3 is 1.97 bits per heavy atom. The van der Waals surface area contributed by atoms with Gasteiger partial charge < -0.3 is 20.3 Å². The molecule has 0 aromatic heterocycles. The van der Waals surface area contributed by atoms with Gasteiger partial charge in [-0.3, -0.25) is 9.69 Å². The highest BCUT2D eigenvalue weighted by Gasteiger charge is 2.11. The lowest BCUT2D eigenvalue weighted by molar-refractivity contribution is -0.159. The molecule has 0 unspecified atom stereocenters. The highest BCUT2D eigenvalue weighted by Crippen LogP contribution is 2.11. The number of carboxylic acid groups (broad SMARTS) is 2. The van der Waals surface area contributed by atoms with E-state index in [1.807, 2.05) is 37.3 Å². The number of hydrogen-bond donors (Lipinski definition) is 3. The molecule has 0 aliphatic rings. The SMILES string of the molecule is CCN(CC(=O)Nc1ccc(C(=O)OC)cc1)Cc1ccccc1.O=C(O)C(=O)O. The molecule has 0 fully saturated rings. The van der Waals surface area contributed by atoms with Crippen LogP contribution in [0, 0.1) is 0 Å². The fraction of sp³-hybridized carbons (Fsp3) is 0.238. The highest BCUT2D eigenvalue weighted by atomic mass is 16.5. The molecule has 0 heterocycles. The molecule has 3 N–H and O–H groups in total. The van der Waals surface area contributed by atoms with E-state index in [4.69, 9.17) is 19.8 Å². The van der Waals surface area contributed by atoms with Crippen molar-refractivity contribution in [3.8, 4) is 0 Å². The van der Waals surface area contributed by atoms with E-state index in [-0.39, 0.29) is 5.91 Å². The van der Waals surface area contributed by atoms with Crippen molar-refractivity contribution in [1.82, 2.24) is 4.90 Å². The van der Waals surface area contributed by atoms with Crippen LogP contribution in [-0.2, 0) is 25.7 Å². The molecule has 0 aliphatic carbocycles. The van der Waals surface area contributed by atoms with Gasteiger partial charge >= 0.3 is 17.9 Å². The van der Waals surface area contributed by atoms with Gasteiger partial charge in [-0.15, -0.1) is 0 Å². The quantitative estimate of drug-likeness (QED) is 0.462. The summed E-state index contributed by atoms with van der Waals surface area (Å²) in [5, 5.41) is 17.6. The second kappa shape index (κ2) is 12.7. The number of amides is 1. The molecule has 0 aliphatic heterocycles. The molecule has 9 heteroatoms. The molecule has 2 aromatic carbocycles. The van der Waals surface area contributed by atoms with Gasteiger partial charge in [-0.25, -0.2) is 14.4 Å². The first-order valence-corrected chi connectivity index (χ1v) is 8.97. The zero-order valence-corrected chi connectivity index (χ0v) is 16.7. The smallest absolute Gasteiger partial charge is 0.414 e. The van der Waals surface area contributed by atoms with E-state index in [2.05, 4.69) is 15.0 Å². The van der Waals surface area contributed by atoms with E-state index >= 15 is 0 Å². The van der Waals surface area contributed by atoms with Gasteiger partial charge in [0, 0.05) is 12.2 Å². The Hall–Kier alpha value is -3.72. The topological polar surface area (TPSA) is 133 Å². The maximum absolute atomic E-state index is 12.2. The van der Waals surface area contributed by atoms with Crippen LogP contribution in [0.4, 0.5) is 5.69 Å². The van der Waals surface area contributed by atoms with Crippen LogP contribution in [0.3, 0.4) is 0 Å². The maximum Gasteiger partial charge on any atom is 0.414 e. The summed E-state index contributed by atoms with van der Waals surface area (Å²) < 4.78 is 4.65. The number of likely N-dealkylation sites (N-methyl/N-ethyl adjacent to an activating group) is 1. The van der Waals surface area contributed by atoms with E-state index in [9.17, 15) is 9.59 Å². The minimum atomic E-state index is -1.82.